The second-order valence-corrected chi connectivity index (χ2v) is 5.11. The molecule has 19 heavy (non-hydrogen) atoms. The quantitative estimate of drug-likeness (QED) is 0.853. The van der Waals surface area contributed by atoms with Gasteiger partial charge in [0.25, 0.3) is 5.91 Å². The van der Waals surface area contributed by atoms with E-state index < -0.39 is 0 Å². The number of amides is 1. The largest absolute Gasteiger partial charge is 0.394 e. The Balaban J connectivity index is 1.67. The van der Waals surface area contributed by atoms with E-state index in [1.165, 1.54) is 0 Å². The molecule has 1 aromatic rings. The molecule has 3 heterocycles. The molecule has 104 valence electrons. The van der Waals surface area contributed by atoms with E-state index in [0.29, 0.717) is 26.2 Å². The summed E-state index contributed by atoms with van der Waals surface area (Å²) in [5, 5.41) is 13.2. The van der Waals surface area contributed by atoms with Gasteiger partial charge in [-0.05, 0) is 19.3 Å². The topological polar surface area (TPSA) is 67.6 Å². The SMILES string of the molecule is O=C([C@H]1CCCCO1)N1Cc2cnn(CCO)c2C1. The molecular formula is C13H19N3O3. The van der Waals surface area contributed by atoms with E-state index in [9.17, 15) is 4.79 Å². The highest BCUT2D eigenvalue weighted by molar-refractivity contribution is 5.81. The van der Waals surface area contributed by atoms with Crippen molar-refractivity contribution in [3.05, 3.63) is 17.5 Å². The molecule has 0 bridgehead atoms. The molecule has 2 aliphatic rings. The van der Waals surface area contributed by atoms with Gasteiger partial charge in [-0.3, -0.25) is 9.48 Å². The van der Waals surface area contributed by atoms with E-state index in [2.05, 4.69) is 5.10 Å². The average molecular weight is 265 g/mol. The van der Waals surface area contributed by atoms with E-state index in [1.54, 1.807) is 10.9 Å². The third-order valence-electron chi connectivity index (χ3n) is 3.82. The number of nitrogens with zero attached hydrogens (tertiary/aromatic N) is 3. The monoisotopic (exact) mass is 265 g/mol. The Kier molecular flexibility index (Phi) is 3.52. The number of aliphatic hydroxyl groups is 1. The molecule has 0 aliphatic carbocycles. The van der Waals surface area contributed by atoms with E-state index in [1.807, 2.05) is 4.90 Å². The van der Waals surface area contributed by atoms with Gasteiger partial charge in [0.2, 0.25) is 0 Å². The van der Waals surface area contributed by atoms with E-state index in [0.717, 1.165) is 30.5 Å². The lowest BCUT2D eigenvalue weighted by Gasteiger charge is -2.26. The third kappa shape index (κ3) is 2.37. The number of fused-ring (bicyclic) bond motifs is 1. The highest BCUT2D eigenvalue weighted by Crippen LogP contribution is 2.25. The van der Waals surface area contributed by atoms with Crippen LogP contribution in [0.4, 0.5) is 0 Å². The van der Waals surface area contributed by atoms with Gasteiger partial charge in [0.15, 0.2) is 0 Å². The van der Waals surface area contributed by atoms with Crippen LogP contribution in [0.25, 0.3) is 0 Å². The van der Waals surface area contributed by atoms with Crippen LogP contribution in [-0.4, -0.2) is 45.0 Å². The molecule has 1 atom stereocenters. The minimum absolute atomic E-state index is 0.0633. The molecule has 0 spiro atoms. The predicted octanol–water partition coefficient (Wildman–Crippen LogP) is 0.287. The maximum atomic E-state index is 12.4. The van der Waals surface area contributed by atoms with Crippen molar-refractivity contribution in [1.29, 1.82) is 0 Å². The molecule has 1 saturated heterocycles. The van der Waals surface area contributed by atoms with Gasteiger partial charge in [0, 0.05) is 18.7 Å². The van der Waals surface area contributed by atoms with Gasteiger partial charge < -0.3 is 14.7 Å². The van der Waals surface area contributed by atoms with Crippen molar-refractivity contribution in [2.24, 2.45) is 0 Å². The summed E-state index contributed by atoms with van der Waals surface area (Å²) in [5.41, 5.74) is 2.12. The fraction of sp³-hybridized carbons (Fsp3) is 0.692. The van der Waals surface area contributed by atoms with Crippen LogP contribution in [0.2, 0.25) is 0 Å². The lowest BCUT2D eigenvalue weighted by Crippen LogP contribution is -2.39. The predicted molar refractivity (Wildman–Crippen MR) is 67.2 cm³/mol. The molecule has 0 aromatic carbocycles. The number of carbonyl (C=O) groups is 1. The number of rotatable bonds is 3. The first-order valence-corrected chi connectivity index (χ1v) is 6.84. The van der Waals surface area contributed by atoms with Gasteiger partial charge >= 0.3 is 0 Å². The summed E-state index contributed by atoms with van der Waals surface area (Å²) in [4.78, 5) is 14.2. The summed E-state index contributed by atoms with van der Waals surface area (Å²) in [6.07, 6.45) is 4.47. The normalized spacial score (nSPS) is 22.6. The first kappa shape index (κ1) is 12.6. The van der Waals surface area contributed by atoms with Crippen LogP contribution in [0.5, 0.6) is 0 Å². The maximum Gasteiger partial charge on any atom is 0.252 e. The summed E-state index contributed by atoms with van der Waals surface area (Å²) >= 11 is 0. The zero-order valence-electron chi connectivity index (χ0n) is 10.9. The van der Waals surface area contributed by atoms with Crippen LogP contribution in [-0.2, 0) is 29.2 Å². The van der Waals surface area contributed by atoms with Crippen LogP contribution in [0.15, 0.2) is 6.20 Å². The minimum Gasteiger partial charge on any atom is -0.394 e. The van der Waals surface area contributed by atoms with Crippen molar-refractivity contribution in [3.63, 3.8) is 0 Å². The van der Waals surface area contributed by atoms with Crippen molar-refractivity contribution >= 4 is 5.91 Å². The van der Waals surface area contributed by atoms with Crippen LogP contribution in [0.3, 0.4) is 0 Å². The first-order chi connectivity index (χ1) is 9.29. The summed E-state index contributed by atoms with van der Waals surface area (Å²) < 4.78 is 7.33. The second-order valence-electron chi connectivity index (χ2n) is 5.11. The van der Waals surface area contributed by atoms with E-state index in [4.69, 9.17) is 9.84 Å². The fourth-order valence-corrected chi connectivity index (χ4v) is 2.79. The van der Waals surface area contributed by atoms with Crippen molar-refractivity contribution < 1.29 is 14.6 Å². The average Bonchev–Trinajstić information content (AvgIpc) is 3.01. The summed E-state index contributed by atoms with van der Waals surface area (Å²) in [5.74, 6) is 0.0893. The number of aromatic nitrogens is 2. The van der Waals surface area contributed by atoms with Crippen molar-refractivity contribution in [2.45, 2.75) is 45.0 Å². The lowest BCUT2D eigenvalue weighted by atomic mass is 10.1. The van der Waals surface area contributed by atoms with E-state index in [-0.39, 0.29) is 18.6 Å². The van der Waals surface area contributed by atoms with Gasteiger partial charge in [-0.2, -0.15) is 5.10 Å². The molecule has 1 aromatic heterocycles. The minimum atomic E-state index is -0.267. The molecular weight excluding hydrogens is 246 g/mol. The Morgan fingerprint density at radius 3 is 3.11 bits per heavy atom. The highest BCUT2D eigenvalue weighted by atomic mass is 16.5. The van der Waals surface area contributed by atoms with Crippen LogP contribution in [0.1, 0.15) is 30.5 Å². The number of aliphatic hydroxyl groups excluding tert-OH is 1. The van der Waals surface area contributed by atoms with Gasteiger partial charge in [0.1, 0.15) is 6.10 Å². The summed E-state index contributed by atoms with van der Waals surface area (Å²) in [6.45, 7) is 2.42. The van der Waals surface area contributed by atoms with Crippen LogP contribution >= 0.6 is 0 Å². The van der Waals surface area contributed by atoms with Crippen LogP contribution < -0.4 is 0 Å². The molecule has 0 radical (unpaired) electrons. The van der Waals surface area contributed by atoms with E-state index >= 15 is 0 Å². The third-order valence-corrected chi connectivity index (χ3v) is 3.82. The molecule has 1 amide bonds. The number of carbonyl (C=O) groups excluding carboxylic acids is 1. The Hall–Kier alpha value is -1.40. The lowest BCUT2D eigenvalue weighted by molar-refractivity contribution is -0.147. The van der Waals surface area contributed by atoms with Gasteiger partial charge in [0.05, 0.1) is 31.6 Å². The Morgan fingerprint density at radius 2 is 2.37 bits per heavy atom. The highest BCUT2D eigenvalue weighted by Gasteiger charge is 2.32. The zero-order chi connectivity index (χ0) is 13.2. The molecule has 6 nitrogen and oxygen atoms in total. The smallest absolute Gasteiger partial charge is 0.252 e. The van der Waals surface area contributed by atoms with Crippen LogP contribution in [0, 0.1) is 0 Å². The molecule has 1 N–H and O–H groups in total. The van der Waals surface area contributed by atoms with Crippen molar-refractivity contribution in [1.82, 2.24) is 14.7 Å². The summed E-state index contributed by atoms with van der Waals surface area (Å²) in [6, 6.07) is 0. The Morgan fingerprint density at radius 1 is 1.47 bits per heavy atom. The maximum absolute atomic E-state index is 12.4. The Bertz CT molecular complexity index is 466. The second kappa shape index (κ2) is 5.30. The zero-order valence-corrected chi connectivity index (χ0v) is 10.9. The molecule has 2 aliphatic heterocycles. The van der Waals surface area contributed by atoms with Gasteiger partial charge in [-0.1, -0.05) is 0 Å². The summed E-state index contributed by atoms with van der Waals surface area (Å²) in [7, 11) is 0. The van der Waals surface area contributed by atoms with Gasteiger partial charge in [-0.25, -0.2) is 0 Å². The molecule has 6 heteroatoms. The number of hydrogen-bond acceptors (Lipinski definition) is 4. The van der Waals surface area contributed by atoms with Gasteiger partial charge in [-0.15, -0.1) is 0 Å². The molecule has 1 fully saturated rings. The number of ether oxygens (including phenoxy) is 1. The fourth-order valence-electron chi connectivity index (χ4n) is 2.79. The number of hydrogen-bond donors (Lipinski definition) is 1. The van der Waals surface area contributed by atoms with Crippen molar-refractivity contribution in [2.75, 3.05) is 13.2 Å². The Labute approximate surface area is 112 Å². The standard InChI is InChI=1S/C13H19N3O3/c17-5-4-16-11-9-15(8-10(11)7-14-16)13(18)12-3-1-2-6-19-12/h7,12,17H,1-6,8-9H2/t12-/m1/s1. The van der Waals surface area contributed by atoms with Crippen molar-refractivity contribution in [3.8, 4) is 0 Å². The molecule has 0 saturated carbocycles. The molecule has 0 unspecified atom stereocenters. The first-order valence-electron chi connectivity index (χ1n) is 6.84. The molecule has 3 rings (SSSR count).